The molecule has 0 radical (unpaired) electrons. The monoisotopic (exact) mass is 369 g/mol. The minimum atomic E-state index is -0.182. The van der Waals surface area contributed by atoms with Gasteiger partial charge in [-0.25, -0.2) is 0 Å². The maximum atomic E-state index is 12.3. The Bertz CT molecular complexity index is 646. The summed E-state index contributed by atoms with van der Waals surface area (Å²) in [5.74, 6) is -0.182. The van der Waals surface area contributed by atoms with Gasteiger partial charge in [0.25, 0.3) is 5.91 Å². The van der Waals surface area contributed by atoms with Gasteiger partial charge in [-0.05, 0) is 42.9 Å². The largest absolute Gasteiger partial charge is 0.398 e. The van der Waals surface area contributed by atoms with Crippen molar-refractivity contribution in [2.45, 2.75) is 20.4 Å². The molecular formula is C18H25Cl2N3O. The molecule has 1 amide bonds. The Kier molecular flexibility index (Phi) is 10.1. The van der Waals surface area contributed by atoms with E-state index in [2.05, 4.69) is 30.1 Å². The quantitative estimate of drug-likeness (QED) is 0.749. The molecule has 24 heavy (non-hydrogen) atoms. The molecule has 0 heterocycles. The van der Waals surface area contributed by atoms with Crippen LogP contribution in [-0.2, 0) is 6.54 Å². The topological polar surface area (TPSA) is 58.4 Å². The standard InChI is InChI=1S/C18H23N3O.2ClH/c1-3-21(4-2)13-14-8-7-9-15(12-14)20-18(22)16-10-5-6-11-17(16)19;;/h5-12H,3-4,13,19H2,1-2H3,(H,20,22);2*1H. The zero-order valence-electron chi connectivity index (χ0n) is 14.0. The van der Waals surface area contributed by atoms with Crippen molar-refractivity contribution in [1.82, 2.24) is 4.90 Å². The van der Waals surface area contributed by atoms with E-state index >= 15 is 0 Å². The normalized spacial score (nSPS) is 9.79. The van der Waals surface area contributed by atoms with Gasteiger partial charge in [-0.2, -0.15) is 0 Å². The summed E-state index contributed by atoms with van der Waals surface area (Å²) in [6.07, 6.45) is 0. The molecule has 0 saturated carbocycles. The van der Waals surface area contributed by atoms with E-state index in [-0.39, 0.29) is 30.7 Å². The Balaban J connectivity index is 0.00000264. The molecule has 0 spiro atoms. The second-order valence-electron chi connectivity index (χ2n) is 5.20. The molecule has 0 aliphatic carbocycles. The molecule has 0 aliphatic heterocycles. The Morgan fingerprint density at radius 1 is 1.04 bits per heavy atom. The number of hydrogen-bond acceptors (Lipinski definition) is 3. The van der Waals surface area contributed by atoms with Crippen molar-refractivity contribution in [1.29, 1.82) is 0 Å². The number of nitrogens with zero attached hydrogens (tertiary/aromatic N) is 1. The summed E-state index contributed by atoms with van der Waals surface area (Å²) in [6.45, 7) is 7.19. The first kappa shape index (κ1) is 22.2. The number of hydrogen-bond donors (Lipinski definition) is 2. The number of rotatable bonds is 6. The van der Waals surface area contributed by atoms with Crippen molar-refractivity contribution in [2.24, 2.45) is 0 Å². The van der Waals surface area contributed by atoms with E-state index in [9.17, 15) is 4.79 Å². The third-order valence-corrected chi connectivity index (χ3v) is 3.69. The van der Waals surface area contributed by atoms with Gasteiger partial charge in [-0.3, -0.25) is 9.69 Å². The van der Waals surface area contributed by atoms with Crippen molar-refractivity contribution in [2.75, 3.05) is 24.1 Å². The van der Waals surface area contributed by atoms with E-state index in [1.165, 1.54) is 5.56 Å². The SMILES string of the molecule is CCN(CC)Cc1cccc(NC(=O)c2ccccc2N)c1.Cl.Cl. The van der Waals surface area contributed by atoms with Crippen LogP contribution in [0.1, 0.15) is 29.8 Å². The summed E-state index contributed by atoms with van der Waals surface area (Å²) in [6, 6.07) is 15.0. The van der Waals surface area contributed by atoms with Crippen LogP contribution in [0.25, 0.3) is 0 Å². The first-order valence-electron chi connectivity index (χ1n) is 7.61. The zero-order chi connectivity index (χ0) is 15.9. The number of nitrogens with one attached hydrogen (secondary N) is 1. The highest BCUT2D eigenvalue weighted by molar-refractivity contribution is 6.07. The van der Waals surface area contributed by atoms with Gasteiger partial charge in [-0.1, -0.05) is 38.1 Å². The van der Waals surface area contributed by atoms with Crippen LogP contribution >= 0.6 is 24.8 Å². The predicted molar refractivity (Wildman–Crippen MR) is 106 cm³/mol. The summed E-state index contributed by atoms with van der Waals surface area (Å²) < 4.78 is 0. The van der Waals surface area contributed by atoms with Crippen LogP contribution in [0.15, 0.2) is 48.5 Å². The molecule has 0 saturated heterocycles. The molecule has 3 N–H and O–H groups in total. The molecule has 2 aromatic rings. The van der Waals surface area contributed by atoms with Crippen molar-refractivity contribution < 1.29 is 4.79 Å². The second-order valence-corrected chi connectivity index (χ2v) is 5.20. The lowest BCUT2D eigenvalue weighted by molar-refractivity contribution is 0.102. The molecule has 0 bridgehead atoms. The van der Waals surface area contributed by atoms with Gasteiger partial charge >= 0.3 is 0 Å². The summed E-state index contributed by atoms with van der Waals surface area (Å²) >= 11 is 0. The van der Waals surface area contributed by atoms with Crippen LogP contribution < -0.4 is 11.1 Å². The Labute approximate surface area is 156 Å². The number of carbonyl (C=O) groups is 1. The highest BCUT2D eigenvalue weighted by atomic mass is 35.5. The van der Waals surface area contributed by atoms with E-state index in [4.69, 9.17) is 5.73 Å². The molecule has 132 valence electrons. The third kappa shape index (κ3) is 6.04. The van der Waals surface area contributed by atoms with E-state index in [1.54, 1.807) is 12.1 Å². The van der Waals surface area contributed by atoms with Crippen molar-refractivity contribution >= 4 is 42.1 Å². The molecule has 0 atom stereocenters. The molecule has 2 rings (SSSR count). The summed E-state index contributed by atoms with van der Waals surface area (Å²) in [7, 11) is 0. The summed E-state index contributed by atoms with van der Waals surface area (Å²) in [5, 5.41) is 2.91. The van der Waals surface area contributed by atoms with Crippen molar-refractivity contribution in [3.8, 4) is 0 Å². The summed E-state index contributed by atoms with van der Waals surface area (Å²) in [4.78, 5) is 14.6. The van der Waals surface area contributed by atoms with E-state index in [1.807, 2.05) is 30.3 Å². The Morgan fingerprint density at radius 3 is 2.33 bits per heavy atom. The minimum Gasteiger partial charge on any atom is -0.398 e. The number of benzene rings is 2. The average molecular weight is 370 g/mol. The molecule has 0 aromatic heterocycles. The zero-order valence-corrected chi connectivity index (χ0v) is 15.6. The van der Waals surface area contributed by atoms with Gasteiger partial charge in [0.1, 0.15) is 0 Å². The Hall–Kier alpha value is -1.75. The molecule has 4 nitrogen and oxygen atoms in total. The molecule has 0 fully saturated rings. The van der Waals surface area contributed by atoms with Gasteiger partial charge in [0.2, 0.25) is 0 Å². The van der Waals surface area contributed by atoms with E-state index in [0.29, 0.717) is 11.3 Å². The van der Waals surface area contributed by atoms with Crippen LogP contribution in [0.4, 0.5) is 11.4 Å². The van der Waals surface area contributed by atoms with E-state index < -0.39 is 0 Å². The number of halogens is 2. The van der Waals surface area contributed by atoms with Gasteiger partial charge in [-0.15, -0.1) is 24.8 Å². The maximum Gasteiger partial charge on any atom is 0.257 e. The van der Waals surface area contributed by atoms with Crippen LogP contribution in [-0.4, -0.2) is 23.9 Å². The summed E-state index contributed by atoms with van der Waals surface area (Å²) in [5.41, 5.74) is 8.79. The van der Waals surface area contributed by atoms with Crippen LogP contribution in [0.2, 0.25) is 0 Å². The Morgan fingerprint density at radius 2 is 1.71 bits per heavy atom. The number of carbonyl (C=O) groups excluding carboxylic acids is 1. The lowest BCUT2D eigenvalue weighted by Gasteiger charge is -2.18. The second kappa shape index (κ2) is 10.9. The molecular weight excluding hydrogens is 345 g/mol. The lowest BCUT2D eigenvalue weighted by atomic mass is 10.1. The highest BCUT2D eigenvalue weighted by Crippen LogP contribution is 2.16. The van der Waals surface area contributed by atoms with Gasteiger partial charge in [0.15, 0.2) is 0 Å². The molecule has 6 heteroatoms. The fourth-order valence-electron chi connectivity index (χ4n) is 2.36. The van der Waals surface area contributed by atoms with Gasteiger partial charge in [0.05, 0.1) is 5.56 Å². The minimum absolute atomic E-state index is 0. The lowest BCUT2D eigenvalue weighted by Crippen LogP contribution is -2.22. The number of nitrogens with two attached hydrogens (primary N) is 1. The highest BCUT2D eigenvalue weighted by Gasteiger charge is 2.09. The fourth-order valence-corrected chi connectivity index (χ4v) is 2.36. The fraction of sp³-hybridized carbons (Fsp3) is 0.278. The predicted octanol–water partition coefficient (Wildman–Crippen LogP) is 4.21. The van der Waals surface area contributed by atoms with Gasteiger partial charge in [0, 0.05) is 17.9 Å². The first-order valence-corrected chi connectivity index (χ1v) is 7.61. The number of para-hydroxylation sites is 1. The van der Waals surface area contributed by atoms with Crippen LogP contribution in [0, 0.1) is 0 Å². The third-order valence-electron chi connectivity index (χ3n) is 3.69. The molecule has 0 aliphatic rings. The van der Waals surface area contributed by atoms with Crippen molar-refractivity contribution in [3.63, 3.8) is 0 Å². The number of anilines is 2. The average Bonchev–Trinajstić information content (AvgIpc) is 2.53. The van der Waals surface area contributed by atoms with Crippen molar-refractivity contribution in [3.05, 3.63) is 59.7 Å². The van der Waals surface area contributed by atoms with Crippen LogP contribution in [0.3, 0.4) is 0 Å². The van der Waals surface area contributed by atoms with Gasteiger partial charge < -0.3 is 11.1 Å². The number of nitrogen functional groups attached to an aromatic ring is 1. The first-order chi connectivity index (χ1) is 10.6. The maximum absolute atomic E-state index is 12.3. The number of amides is 1. The molecule has 0 unspecified atom stereocenters. The smallest absolute Gasteiger partial charge is 0.257 e. The van der Waals surface area contributed by atoms with E-state index in [0.717, 1.165) is 25.3 Å². The molecule has 2 aromatic carbocycles. The van der Waals surface area contributed by atoms with Crippen LogP contribution in [0.5, 0.6) is 0 Å².